The maximum Gasteiger partial charge on any atom is 0.257 e. The van der Waals surface area contributed by atoms with Crippen molar-refractivity contribution >= 4 is 34.4 Å². The van der Waals surface area contributed by atoms with Gasteiger partial charge in [-0.3, -0.25) is 4.79 Å². The molecule has 0 unspecified atom stereocenters. The predicted molar refractivity (Wildman–Crippen MR) is 113 cm³/mol. The maximum atomic E-state index is 12.7. The van der Waals surface area contributed by atoms with Gasteiger partial charge >= 0.3 is 0 Å². The molecule has 0 fully saturated rings. The fraction of sp³-hybridized carbons (Fsp3) is 0.182. The number of hydrogen-bond donors (Lipinski definition) is 3. The molecule has 0 saturated heterocycles. The molecule has 0 radical (unpaired) electrons. The van der Waals surface area contributed by atoms with Crippen LogP contribution >= 0.6 is 0 Å². The van der Waals surface area contributed by atoms with Crippen LogP contribution in [-0.4, -0.2) is 15.9 Å². The molecule has 5 nitrogen and oxygen atoms in total. The molecule has 138 valence electrons. The standard InChI is InChI=1S/C22H24N4O/c1-14(2)11-12-15(3)13-20-24-19-10-6-7-16(21(19)26-20)22(27)25-18-9-5-4-8-17(18)23/h4-11,13H,12,23H2,1-3H3,(H,24,26)(H,25,27)/b15-13+. The van der Waals surface area contributed by atoms with E-state index in [1.54, 1.807) is 18.2 Å². The maximum absolute atomic E-state index is 12.7. The number of nitrogens with two attached hydrogens (primary N) is 1. The summed E-state index contributed by atoms with van der Waals surface area (Å²) in [5, 5.41) is 2.86. The summed E-state index contributed by atoms with van der Waals surface area (Å²) in [5.74, 6) is 0.505. The SMILES string of the molecule is CC(C)=CC/C(C)=C/c1nc2c(C(=O)Nc3ccccc3N)cccc2[nH]1. The van der Waals surface area contributed by atoms with Gasteiger partial charge in [0, 0.05) is 0 Å². The molecule has 4 N–H and O–H groups in total. The summed E-state index contributed by atoms with van der Waals surface area (Å²) in [6.45, 7) is 6.23. The second kappa shape index (κ2) is 7.91. The van der Waals surface area contributed by atoms with Crippen molar-refractivity contribution in [3.63, 3.8) is 0 Å². The molecule has 0 bridgehead atoms. The van der Waals surface area contributed by atoms with Crippen LogP contribution in [0.4, 0.5) is 11.4 Å². The summed E-state index contributed by atoms with van der Waals surface area (Å²) in [4.78, 5) is 20.6. The van der Waals surface area contributed by atoms with Crippen molar-refractivity contribution in [2.24, 2.45) is 0 Å². The Bertz CT molecular complexity index is 1040. The molecule has 0 saturated carbocycles. The molecule has 3 aromatic rings. The van der Waals surface area contributed by atoms with E-state index in [0.29, 0.717) is 22.5 Å². The highest BCUT2D eigenvalue weighted by Crippen LogP contribution is 2.22. The quantitative estimate of drug-likeness (QED) is 0.434. The number of fused-ring (bicyclic) bond motifs is 1. The number of nitrogens with one attached hydrogen (secondary N) is 2. The molecule has 0 aliphatic heterocycles. The van der Waals surface area contributed by atoms with E-state index in [9.17, 15) is 4.79 Å². The normalized spacial score (nSPS) is 11.4. The Hall–Kier alpha value is -3.34. The van der Waals surface area contributed by atoms with E-state index < -0.39 is 0 Å². The second-order valence-corrected chi connectivity index (χ2v) is 6.84. The number of imidazole rings is 1. The lowest BCUT2D eigenvalue weighted by atomic mass is 10.1. The molecule has 1 heterocycles. The number of nitrogen functional groups attached to an aromatic ring is 1. The third-order valence-electron chi connectivity index (χ3n) is 4.20. The molecule has 1 amide bonds. The first-order chi connectivity index (χ1) is 12.9. The Labute approximate surface area is 159 Å². The van der Waals surface area contributed by atoms with Gasteiger partial charge in [0.25, 0.3) is 5.91 Å². The number of amides is 1. The number of carbonyl (C=O) groups excluding carboxylic acids is 1. The van der Waals surface area contributed by atoms with Crippen LogP contribution in [-0.2, 0) is 0 Å². The van der Waals surface area contributed by atoms with Crippen LogP contribution in [0.15, 0.2) is 59.7 Å². The second-order valence-electron chi connectivity index (χ2n) is 6.84. The zero-order valence-corrected chi connectivity index (χ0v) is 15.8. The van der Waals surface area contributed by atoms with Gasteiger partial charge in [-0.15, -0.1) is 0 Å². The molecule has 1 aromatic heterocycles. The third kappa shape index (κ3) is 4.44. The van der Waals surface area contributed by atoms with Crippen molar-refractivity contribution in [2.75, 3.05) is 11.1 Å². The van der Waals surface area contributed by atoms with Crippen molar-refractivity contribution in [1.82, 2.24) is 9.97 Å². The first-order valence-electron chi connectivity index (χ1n) is 8.89. The minimum absolute atomic E-state index is 0.234. The van der Waals surface area contributed by atoms with Crippen LogP contribution in [0, 0.1) is 0 Å². The lowest BCUT2D eigenvalue weighted by Gasteiger charge is -2.08. The van der Waals surface area contributed by atoms with Crippen LogP contribution in [0.2, 0.25) is 0 Å². The van der Waals surface area contributed by atoms with Crippen LogP contribution in [0.25, 0.3) is 17.1 Å². The van der Waals surface area contributed by atoms with Gasteiger partial charge in [0.05, 0.1) is 22.5 Å². The third-order valence-corrected chi connectivity index (χ3v) is 4.20. The molecular formula is C22H24N4O. The Kier molecular flexibility index (Phi) is 5.41. The molecule has 0 spiro atoms. The van der Waals surface area contributed by atoms with Gasteiger partial charge in [-0.25, -0.2) is 4.98 Å². The molecule has 2 aromatic carbocycles. The number of rotatable bonds is 5. The van der Waals surface area contributed by atoms with Gasteiger partial charge in [-0.1, -0.05) is 35.4 Å². The highest BCUT2D eigenvalue weighted by molar-refractivity contribution is 6.12. The average molecular weight is 360 g/mol. The summed E-state index contributed by atoms with van der Waals surface area (Å²) >= 11 is 0. The topological polar surface area (TPSA) is 83.8 Å². The minimum Gasteiger partial charge on any atom is -0.397 e. The average Bonchev–Trinajstić information content (AvgIpc) is 3.04. The number of nitrogens with zero attached hydrogens (tertiary/aromatic N) is 1. The fourth-order valence-corrected chi connectivity index (χ4v) is 2.76. The van der Waals surface area contributed by atoms with Crippen LogP contribution in [0.3, 0.4) is 0 Å². The van der Waals surface area contributed by atoms with E-state index in [0.717, 1.165) is 17.8 Å². The fourth-order valence-electron chi connectivity index (χ4n) is 2.76. The van der Waals surface area contributed by atoms with E-state index >= 15 is 0 Å². The summed E-state index contributed by atoms with van der Waals surface area (Å²) in [7, 11) is 0. The first-order valence-corrected chi connectivity index (χ1v) is 8.89. The van der Waals surface area contributed by atoms with Crippen LogP contribution in [0.5, 0.6) is 0 Å². The minimum atomic E-state index is -0.234. The number of hydrogen-bond acceptors (Lipinski definition) is 3. The molecule has 27 heavy (non-hydrogen) atoms. The highest BCUT2D eigenvalue weighted by Gasteiger charge is 2.14. The Morgan fingerprint density at radius 2 is 1.93 bits per heavy atom. The predicted octanol–water partition coefficient (Wildman–Crippen LogP) is 5.16. The first kappa shape index (κ1) is 18.5. The van der Waals surface area contributed by atoms with Crippen molar-refractivity contribution in [1.29, 1.82) is 0 Å². The van der Waals surface area contributed by atoms with Gasteiger partial charge < -0.3 is 16.0 Å². The Morgan fingerprint density at radius 3 is 2.67 bits per heavy atom. The molecule has 0 aliphatic carbocycles. The van der Waals surface area contributed by atoms with Gasteiger partial charge in [-0.2, -0.15) is 0 Å². The van der Waals surface area contributed by atoms with Gasteiger partial charge in [-0.05, 0) is 57.5 Å². The van der Waals surface area contributed by atoms with Crippen LogP contribution in [0.1, 0.15) is 43.4 Å². The number of benzene rings is 2. The van der Waals surface area contributed by atoms with Gasteiger partial charge in [0.15, 0.2) is 0 Å². The number of H-pyrrole nitrogens is 1. The van der Waals surface area contributed by atoms with Crippen molar-refractivity contribution in [3.05, 3.63) is 71.1 Å². The zero-order chi connectivity index (χ0) is 19.4. The smallest absolute Gasteiger partial charge is 0.257 e. The number of aromatic amines is 1. The summed E-state index contributed by atoms with van der Waals surface area (Å²) in [6.07, 6.45) is 5.06. The van der Waals surface area contributed by atoms with E-state index in [1.165, 1.54) is 11.1 Å². The van der Waals surface area contributed by atoms with Crippen LogP contribution < -0.4 is 11.1 Å². The largest absolute Gasteiger partial charge is 0.397 e. The monoisotopic (exact) mass is 360 g/mol. The van der Waals surface area contributed by atoms with E-state index in [-0.39, 0.29) is 5.91 Å². The molecule has 3 rings (SSSR count). The summed E-state index contributed by atoms with van der Waals surface area (Å²) < 4.78 is 0. The van der Waals surface area contributed by atoms with Gasteiger partial charge in [0.1, 0.15) is 11.3 Å². The van der Waals surface area contributed by atoms with E-state index in [1.807, 2.05) is 30.3 Å². The molecule has 0 aliphatic rings. The summed E-state index contributed by atoms with van der Waals surface area (Å²) in [5.41, 5.74) is 11.5. The molecule has 0 atom stereocenters. The number of carbonyl (C=O) groups is 1. The number of allylic oxidation sites excluding steroid dienone is 3. The molecule has 5 heteroatoms. The van der Waals surface area contributed by atoms with Crippen molar-refractivity contribution < 1.29 is 4.79 Å². The molecular weight excluding hydrogens is 336 g/mol. The van der Waals surface area contributed by atoms with Crippen molar-refractivity contribution in [3.8, 4) is 0 Å². The van der Waals surface area contributed by atoms with E-state index in [4.69, 9.17) is 5.73 Å². The zero-order valence-electron chi connectivity index (χ0n) is 15.8. The number of aromatic nitrogens is 2. The summed E-state index contributed by atoms with van der Waals surface area (Å²) in [6, 6.07) is 12.7. The lowest BCUT2D eigenvalue weighted by Crippen LogP contribution is -2.13. The van der Waals surface area contributed by atoms with Gasteiger partial charge in [0.2, 0.25) is 0 Å². The number of anilines is 2. The lowest BCUT2D eigenvalue weighted by molar-refractivity contribution is 0.102. The highest BCUT2D eigenvalue weighted by atomic mass is 16.1. The Morgan fingerprint density at radius 1 is 1.15 bits per heavy atom. The number of para-hydroxylation sites is 3. The Balaban J connectivity index is 1.90. The van der Waals surface area contributed by atoms with Crippen molar-refractivity contribution in [2.45, 2.75) is 27.2 Å². The van der Waals surface area contributed by atoms with E-state index in [2.05, 4.69) is 42.1 Å².